The highest BCUT2D eigenvalue weighted by molar-refractivity contribution is 5.79. The van der Waals surface area contributed by atoms with Crippen LogP contribution < -0.4 is 0 Å². The fourth-order valence-corrected chi connectivity index (χ4v) is 9.23. The maximum atomic E-state index is 12.3. The zero-order valence-electron chi connectivity index (χ0n) is 19.0. The van der Waals surface area contributed by atoms with Crippen LogP contribution in [-0.2, 0) is 4.79 Å². The number of aliphatic hydroxyl groups is 1. The summed E-state index contributed by atoms with van der Waals surface area (Å²) in [5.74, 6) is 3.95. The van der Waals surface area contributed by atoms with Gasteiger partial charge in [-0.05, 0) is 90.8 Å². The Morgan fingerprint density at radius 3 is 2.55 bits per heavy atom. The van der Waals surface area contributed by atoms with Crippen molar-refractivity contribution in [2.75, 3.05) is 0 Å². The number of hydrogen-bond acceptors (Lipinski definition) is 3. The first-order valence-electron chi connectivity index (χ1n) is 12.3. The summed E-state index contributed by atoms with van der Waals surface area (Å²) in [5.41, 5.74) is 0.535. The molecule has 0 radical (unpaired) electrons. The molecule has 29 heavy (non-hydrogen) atoms. The predicted octanol–water partition coefficient (Wildman–Crippen LogP) is 5.76. The van der Waals surface area contributed by atoms with Crippen LogP contribution in [-0.4, -0.2) is 17.0 Å². The molecule has 4 aliphatic rings. The minimum absolute atomic E-state index is 0.227. The summed E-state index contributed by atoms with van der Waals surface area (Å²) in [6.07, 6.45) is 9.89. The number of carbonyl (C=O) groups excluding carboxylic acids is 1. The Kier molecular flexibility index (Phi) is 5.65. The number of fused-ring (bicyclic) bond motifs is 5. The maximum absolute atomic E-state index is 12.3. The number of Topliss-reactive ketones (excluding diaryl/α,β-unsaturated/α-hetero) is 1. The standard InChI is InChI=1S/C26H41NO2/c1-5-18-22-15-17(28)10-12-26(22,4)21-11-13-25(3)19(16(2)7-6-14-27)8-9-20(25)23(21)24(18)29/h16,18-24,29H,5-13,15H2,1-4H3/t16-,18+,19?,20?,21?,22?,23?,24?,25-,26-/m1/s1. The summed E-state index contributed by atoms with van der Waals surface area (Å²) < 4.78 is 0. The van der Waals surface area contributed by atoms with Crippen molar-refractivity contribution < 1.29 is 9.90 Å². The second kappa shape index (κ2) is 7.67. The van der Waals surface area contributed by atoms with E-state index in [2.05, 4.69) is 33.8 Å². The van der Waals surface area contributed by atoms with Gasteiger partial charge in [0.15, 0.2) is 0 Å². The molecule has 4 rings (SSSR count). The molecule has 162 valence electrons. The summed E-state index contributed by atoms with van der Waals surface area (Å²) in [5, 5.41) is 20.7. The number of carbonyl (C=O) groups is 1. The topological polar surface area (TPSA) is 61.1 Å². The monoisotopic (exact) mass is 399 g/mol. The van der Waals surface area contributed by atoms with Gasteiger partial charge in [0.05, 0.1) is 12.2 Å². The molecule has 0 heterocycles. The van der Waals surface area contributed by atoms with Gasteiger partial charge in [-0.15, -0.1) is 0 Å². The van der Waals surface area contributed by atoms with E-state index in [1.807, 2.05) is 0 Å². The minimum atomic E-state index is -0.244. The van der Waals surface area contributed by atoms with E-state index in [-0.39, 0.29) is 17.4 Å². The lowest BCUT2D eigenvalue weighted by Gasteiger charge is -2.64. The highest BCUT2D eigenvalue weighted by Crippen LogP contribution is 2.69. The Hall–Kier alpha value is -0.880. The van der Waals surface area contributed by atoms with Crippen LogP contribution in [0.5, 0.6) is 0 Å². The van der Waals surface area contributed by atoms with Crippen LogP contribution in [0.15, 0.2) is 0 Å². The smallest absolute Gasteiger partial charge is 0.133 e. The molecule has 0 aliphatic heterocycles. The highest BCUT2D eigenvalue weighted by atomic mass is 16.3. The van der Waals surface area contributed by atoms with E-state index in [9.17, 15) is 9.90 Å². The first-order valence-corrected chi connectivity index (χ1v) is 12.3. The van der Waals surface area contributed by atoms with Crippen LogP contribution in [0.3, 0.4) is 0 Å². The van der Waals surface area contributed by atoms with Gasteiger partial charge >= 0.3 is 0 Å². The minimum Gasteiger partial charge on any atom is -0.393 e. The predicted molar refractivity (Wildman–Crippen MR) is 115 cm³/mol. The SMILES string of the molecule is CC[C@@H]1C(O)C2C3CCC([C@H](C)CCC#N)[C@@]3(C)CCC2[C@@]2(C)CCC(=O)CC12. The normalized spacial score (nSPS) is 50.2. The summed E-state index contributed by atoms with van der Waals surface area (Å²) in [4.78, 5) is 12.3. The van der Waals surface area contributed by atoms with Crippen LogP contribution in [0.25, 0.3) is 0 Å². The molecule has 4 aliphatic carbocycles. The molecule has 6 unspecified atom stereocenters. The lowest BCUT2D eigenvalue weighted by molar-refractivity contribution is -0.194. The Bertz CT molecular complexity index is 683. The zero-order chi connectivity index (χ0) is 21.0. The van der Waals surface area contributed by atoms with Crippen LogP contribution >= 0.6 is 0 Å². The molecule has 0 aromatic rings. The van der Waals surface area contributed by atoms with Gasteiger partial charge in [-0.3, -0.25) is 4.79 Å². The van der Waals surface area contributed by atoms with E-state index in [1.165, 1.54) is 25.7 Å². The first kappa shape index (κ1) is 21.4. The zero-order valence-corrected chi connectivity index (χ0v) is 19.0. The lowest BCUT2D eigenvalue weighted by Crippen LogP contribution is -2.61. The van der Waals surface area contributed by atoms with Gasteiger partial charge in [-0.2, -0.15) is 5.26 Å². The number of hydrogen-bond donors (Lipinski definition) is 1. The van der Waals surface area contributed by atoms with Crippen molar-refractivity contribution in [3.63, 3.8) is 0 Å². The Labute approximate surface area is 177 Å². The Balaban J connectivity index is 1.65. The Morgan fingerprint density at radius 1 is 1.14 bits per heavy atom. The number of nitriles is 1. The fourth-order valence-electron chi connectivity index (χ4n) is 9.23. The van der Waals surface area contributed by atoms with Crippen molar-refractivity contribution in [3.8, 4) is 6.07 Å². The van der Waals surface area contributed by atoms with Gasteiger partial charge in [-0.1, -0.05) is 34.1 Å². The number of nitrogens with zero attached hydrogens (tertiary/aromatic N) is 1. The van der Waals surface area contributed by atoms with E-state index in [1.54, 1.807) is 0 Å². The van der Waals surface area contributed by atoms with E-state index in [0.29, 0.717) is 59.5 Å². The third kappa shape index (κ3) is 3.12. The van der Waals surface area contributed by atoms with E-state index in [4.69, 9.17) is 5.26 Å². The third-order valence-corrected chi connectivity index (χ3v) is 10.7. The average Bonchev–Trinajstić information content (AvgIpc) is 3.05. The molecular formula is C26H41NO2. The molecule has 0 aromatic carbocycles. The molecule has 1 N–H and O–H groups in total. The average molecular weight is 400 g/mol. The van der Waals surface area contributed by atoms with Crippen molar-refractivity contribution in [3.05, 3.63) is 0 Å². The summed E-state index contributed by atoms with van der Waals surface area (Å²) in [6.45, 7) is 9.57. The number of aliphatic hydroxyl groups excluding tert-OH is 1. The summed E-state index contributed by atoms with van der Waals surface area (Å²) in [6, 6.07) is 2.34. The van der Waals surface area contributed by atoms with Crippen LogP contribution in [0.4, 0.5) is 0 Å². The second-order valence-electron chi connectivity index (χ2n) is 11.6. The van der Waals surface area contributed by atoms with Crippen molar-refractivity contribution >= 4 is 5.78 Å². The van der Waals surface area contributed by atoms with Gasteiger partial charge in [0.1, 0.15) is 5.78 Å². The van der Waals surface area contributed by atoms with Crippen molar-refractivity contribution in [2.45, 2.75) is 98.0 Å². The largest absolute Gasteiger partial charge is 0.393 e. The molecule has 0 saturated heterocycles. The summed E-state index contributed by atoms with van der Waals surface area (Å²) >= 11 is 0. The maximum Gasteiger partial charge on any atom is 0.133 e. The molecular weight excluding hydrogens is 358 g/mol. The van der Waals surface area contributed by atoms with Crippen LogP contribution in [0.1, 0.15) is 91.9 Å². The highest BCUT2D eigenvalue weighted by Gasteiger charge is 2.64. The van der Waals surface area contributed by atoms with E-state index in [0.717, 1.165) is 25.7 Å². The molecule has 0 aromatic heterocycles. The molecule has 4 saturated carbocycles. The Morgan fingerprint density at radius 2 is 1.86 bits per heavy atom. The summed E-state index contributed by atoms with van der Waals surface area (Å²) in [7, 11) is 0. The quantitative estimate of drug-likeness (QED) is 0.653. The first-order chi connectivity index (χ1) is 13.8. The van der Waals surface area contributed by atoms with Crippen LogP contribution in [0.2, 0.25) is 0 Å². The van der Waals surface area contributed by atoms with E-state index >= 15 is 0 Å². The number of ketones is 1. The molecule has 3 nitrogen and oxygen atoms in total. The third-order valence-electron chi connectivity index (χ3n) is 10.7. The number of rotatable bonds is 4. The molecule has 10 atom stereocenters. The van der Waals surface area contributed by atoms with Gasteiger partial charge in [0.2, 0.25) is 0 Å². The van der Waals surface area contributed by atoms with Crippen molar-refractivity contribution in [1.29, 1.82) is 5.26 Å². The van der Waals surface area contributed by atoms with Crippen LogP contribution in [0, 0.1) is 63.6 Å². The van der Waals surface area contributed by atoms with Gasteiger partial charge in [0.25, 0.3) is 0 Å². The van der Waals surface area contributed by atoms with Crippen molar-refractivity contribution in [1.82, 2.24) is 0 Å². The molecule has 0 spiro atoms. The van der Waals surface area contributed by atoms with Crippen molar-refractivity contribution in [2.24, 2.45) is 52.3 Å². The molecule has 3 heteroatoms. The molecule has 0 amide bonds. The molecule has 0 bridgehead atoms. The van der Waals surface area contributed by atoms with Gasteiger partial charge in [0, 0.05) is 19.3 Å². The van der Waals surface area contributed by atoms with Gasteiger partial charge in [-0.25, -0.2) is 0 Å². The van der Waals surface area contributed by atoms with E-state index < -0.39 is 0 Å². The van der Waals surface area contributed by atoms with Gasteiger partial charge < -0.3 is 5.11 Å². The molecule has 4 fully saturated rings. The lowest BCUT2D eigenvalue weighted by atomic mass is 9.41. The fraction of sp³-hybridized carbons (Fsp3) is 0.923. The second-order valence-corrected chi connectivity index (χ2v) is 11.6.